The van der Waals surface area contributed by atoms with Crippen molar-refractivity contribution >= 4 is 22.8 Å². The summed E-state index contributed by atoms with van der Waals surface area (Å²) in [5.74, 6) is 0.967. The Morgan fingerprint density at radius 3 is 2.48 bits per heavy atom. The average Bonchev–Trinajstić information content (AvgIpc) is 2.93. The van der Waals surface area contributed by atoms with Crippen molar-refractivity contribution in [3.8, 4) is 17.2 Å². The minimum atomic E-state index is -0.502. The van der Waals surface area contributed by atoms with Crippen molar-refractivity contribution in [2.75, 3.05) is 26.6 Å². The molecule has 0 saturated carbocycles. The summed E-state index contributed by atoms with van der Waals surface area (Å²) < 4.78 is 17.5. The minimum Gasteiger partial charge on any atom is -0.497 e. The maximum Gasteiger partial charge on any atom is 0.344 e. The van der Waals surface area contributed by atoms with Gasteiger partial charge in [0.15, 0.2) is 0 Å². The fraction of sp³-hybridized carbons (Fsp3) is 0.222. The first-order chi connectivity index (χ1) is 12.1. The van der Waals surface area contributed by atoms with Gasteiger partial charge in [0.1, 0.15) is 28.4 Å². The number of hydrogen-bond donors (Lipinski definition) is 1. The van der Waals surface area contributed by atoms with E-state index in [1.807, 2.05) is 6.07 Å². The quantitative estimate of drug-likeness (QED) is 0.718. The van der Waals surface area contributed by atoms with Crippen molar-refractivity contribution in [3.63, 3.8) is 0 Å². The number of anilines is 1. The molecule has 0 bridgehead atoms. The van der Waals surface area contributed by atoms with Crippen molar-refractivity contribution in [1.29, 1.82) is 0 Å². The van der Waals surface area contributed by atoms with Crippen LogP contribution in [0.1, 0.15) is 17.3 Å². The normalized spacial score (nSPS) is 10.7. The third-order valence-corrected chi connectivity index (χ3v) is 3.84. The van der Waals surface area contributed by atoms with Gasteiger partial charge in [0.2, 0.25) is 0 Å². The van der Waals surface area contributed by atoms with Crippen molar-refractivity contribution in [2.24, 2.45) is 0 Å². The van der Waals surface area contributed by atoms with Crippen LogP contribution in [-0.4, -0.2) is 36.3 Å². The summed E-state index contributed by atoms with van der Waals surface area (Å²) in [7, 11) is 3.14. The zero-order chi connectivity index (χ0) is 18.0. The second-order valence-electron chi connectivity index (χ2n) is 5.26. The van der Waals surface area contributed by atoms with E-state index in [4.69, 9.17) is 19.9 Å². The molecule has 130 valence electrons. The smallest absolute Gasteiger partial charge is 0.344 e. The van der Waals surface area contributed by atoms with Crippen LogP contribution in [0.25, 0.3) is 16.7 Å². The molecule has 7 heteroatoms. The highest BCUT2D eigenvalue weighted by Gasteiger charge is 2.24. The van der Waals surface area contributed by atoms with E-state index in [9.17, 15) is 4.79 Å². The van der Waals surface area contributed by atoms with Crippen molar-refractivity contribution in [2.45, 2.75) is 6.92 Å². The molecule has 2 N–H and O–H groups in total. The van der Waals surface area contributed by atoms with Crippen molar-refractivity contribution in [3.05, 3.63) is 42.1 Å². The van der Waals surface area contributed by atoms with E-state index in [-0.39, 0.29) is 18.0 Å². The van der Waals surface area contributed by atoms with Crippen LogP contribution in [0.15, 0.2) is 36.5 Å². The van der Waals surface area contributed by atoms with Gasteiger partial charge in [-0.25, -0.2) is 4.79 Å². The molecule has 0 aliphatic rings. The molecular formula is C18H19N3O4. The molecule has 1 aromatic carbocycles. The molecule has 2 aromatic heterocycles. The van der Waals surface area contributed by atoms with Gasteiger partial charge in [-0.2, -0.15) is 0 Å². The molecule has 0 spiro atoms. The molecule has 0 radical (unpaired) electrons. The topological polar surface area (TPSA) is 88.6 Å². The summed E-state index contributed by atoms with van der Waals surface area (Å²) in [5, 5.41) is 0. The lowest BCUT2D eigenvalue weighted by atomic mass is 10.2. The van der Waals surface area contributed by atoms with Gasteiger partial charge in [0.25, 0.3) is 0 Å². The summed E-state index contributed by atoms with van der Waals surface area (Å²) in [4.78, 5) is 16.7. The second kappa shape index (κ2) is 6.72. The molecule has 3 aromatic rings. The maximum absolute atomic E-state index is 12.4. The van der Waals surface area contributed by atoms with Crippen LogP contribution in [-0.2, 0) is 4.74 Å². The van der Waals surface area contributed by atoms with E-state index in [0.717, 1.165) is 0 Å². The van der Waals surface area contributed by atoms with Gasteiger partial charge in [-0.05, 0) is 19.1 Å². The summed E-state index contributed by atoms with van der Waals surface area (Å²) in [6, 6.07) is 8.99. The average molecular weight is 341 g/mol. The highest BCUT2D eigenvalue weighted by molar-refractivity contribution is 6.08. The van der Waals surface area contributed by atoms with Crippen LogP contribution in [0.4, 0.5) is 5.82 Å². The Labute approximate surface area is 144 Å². The van der Waals surface area contributed by atoms with E-state index in [1.165, 1.54) is 0 Å². The lowest BCUT2D eigenvalue weighted by Gasteiger charge is -2.12. The van der Waals surface area contributed by atoms with Crippen LogP contribution >= 0.6 is 0 Å². The molecule has 0 aliphatic heterocycles. The fourth-order valence-electron chi connectivity index (χ4n) is 2.74. The molecule has 0 saturated heterocycles. The number of nitrogens with zero attached hydrogens (tertiary/aromatic N) is 2. The molecule has 0 amide bonds. The number of carbonyl (C=O) groups is 1. The Kier molecular flexibility index (Phi) is 4.47. The Hall–Kier alpha value is -3.22. The molecule has 25 heavy (non-hydrogen) atoms. The van der Waals surface area contributed by atoms with E-state index in [1.54, 1.807) is 56.2 Å². The number of pyridine rings is 1. The number of rotatable bonds is 5. The first kappa shape index (κ1) is 16.6. The SMILES string of the molecule is CCOC(=O)c1c(N)n(-c2cc(OC)cc(OC)c2)c2cccnc12. The predicted molar refractivity (Wildman–Crippen MR) is 94.5 cm³/mol. The summed E-state index contributed by atoms with van der Waals surface area (Å²) in [6.45, 7) is 2.00. The monoisotopic (exact) mass is 341 g/mol. The van der Waals surface area contributed by atoms with Crippen LogP contribution in [0.2, 0.25) is 0 Å². The Balaban J connectivity index is 2.30. The van der Waals surface area contributed by atoms with Gasteiger partial charge in [0, 0.05) is 24.4 Å². The van der Waals surface area contributed by atoms with E-state index in [0.29, 0.717) is 28.2 Å². The third kappa shape index (κ3) is 2.84. The molecule has 0 atom stereocenters. The number of aromatic nitrogens is 2. The highest BCUT2D eigenvalue weighted by atomic mass is 16.5. The van der Waals surface area contributed by atoms with Gasteiger partial charge in [-0.15, -0.1) is 0 Å². The molecular weight excluding hydrogens is 322 g/mol. The number of hydrogen-bond acceptors (Lipinski definition) is 6. The van der Waals surface area contributed by atoms with Crippen LogP contribution in [0.5, 0.6) is 11.5 Å². The zero-order valence-electron chi connectivity index (χ0n) is 14.3. The van der Waals surface area contributed by atoms with Crippen LogP contribution in [0, 0.1) is 0 Å². The van der Waals surface area contributed by atoms with Gasteiger partial charge in [-0.3, -0.25) is 9.55 Å². The molecule has 0 unspecified atom stereocenters. The maximum atomic E-state index is 12.4. The largest absolute Gasteiger partial charge is 0.497 e. The molecule has 0 fully saturated rings. The third-order valence-electron chi connectivity index (χ3n) is 3.84. The van der Waals surface area contributed by atoms with Crippen LogP contribution < -0.4 is 15.2 Å². The number of fused-ring (bicyclic) bond motifs is 1. The van der Waals surface area contributed by atoms with Gasteiger partial charge in [0.05, 0.1) is 32.0 Å². The summed E-state index contributed by atoms with van der Waals surface area (Å²) >= 11 is 0. The first-order valence-electron chi connectivity index (χ1n) is 7.76. The van der Waals surface area contributed by atoms with Gasteiger partial charge < -0.3 is 19.9 Å². The lowest BCUT2D eigenvalue weighted by Crippen LogP contribution is -2.09. The standard InChI is InChI=1S/C18H19N3O4/c1-4-25-18(22)15-16-14(6-5-7-20-16)21(17(15)19)11-8-12(23-2)10-13(9-11)24-3/h5-10H,4,19H2,1-3H3. The number of carbonyl (C=O) groups excluding carboxylic acids is 1. The van der Waals surface area contributed by atoms with Gasteiger partial charge in [-0.1, -0.05) is 0 Å². The number of esters is 1. The van der Waals surface area contributed by atoms with E-state index >= 15 is 0 Å². The predicted octanol–water partition coefficient (Wildman–Crippen LogP) is 2.80. The Morgan fingerprint density at radius 1 is 1.20 bits per heavy atom. The number of benzene rings is 1. The molecule has 3 rings (SSSR count). The number of methoxy groups -OCH3 is 2. The van der Waals surface area contributed by atoms with Crippen molar-refractivity contribution in [1.82, 2.24) is 9.55 Å². The van der Waals surface area contributed by atoms with E-state index < -0.39 is 5.97 Å². The minimum absolute atomic E-state index is 0.249. The molecule has 2 heterocycles. The summed E-state index contributed by atoms with van der Waals surface area (Å²) in [6.07, 6.45) is 1.61. The summed E-state index contributed by atoms with van der Waals surface area (Å²) in [5.41, 5.74) is 8.43. The Morgan fingerprint density at radius 2 is 1.88 bits per heavy atom. The van der Waals surface area contributed by atoms with Crippen molar-refractivity contribution < 1.29 is 19.0 Å². The molecule has 7 nitrogen and oxygen atoms in total. The second-order valence-corrected chi connectivity index (χ2v) is 5.26. The lowest BCUT2D eigenvalue weighted by molar-refractivity contribution is 0.0529. The number of nitrogen functional groups attached to an aromatic ring is 1. The fourth-order valence-corrected chi connectivity index (χ4v) is 2.74. The van der Waals surface area contributed by atoms with Gasteiger partial charge >= 0.3 is 5.97 Å². The highest BCUT2D eigenvalue weighted by Crippen LogP contribution is 2.34. The van der Waals surface area contributed by atoms with Crippen LogP contribution in [0.3, 0.4) is 0 Å². The number of nitrogens with two attached hydrogens (primary N) is 1. The Bertz CT molecular complexity index is 911. The molecule has 0 aliphatic carbocycles. The number of ether oxygens (including phenoxy) is 3. The zero-order valence-corrected chi connectivity index (χ0v) is 14.3. The van der Waals surface area contributed by atoms with E-state index in [2.05, 4.69) is 4.98 Å². The first-order valence-corrected chi connectivity index (χ1v) is 7.76.